The molecule has 10 heteroatoms. The summed E-state index contributed by atoms with van der Waals surface area (Å²) in [5.74, 6) is 0.310. The Morgan fingerprint density at radius 1 is 1.14 bits per heavy atom. The van der Waals surface area contributed by atoms with E-state index >= 15 is 0 Å². The molecule has 0 aliphatic carbocycles. The Kier molecular flexibility index (Phi) is 7.89. The number of hydrogen-bond acceptors (Lipinski definition) is 8. The molecule has 0 saturated carbocycles. The Bertz CT molecular complexity index is 900. The van der Waals surface area contributed by atoms with Crippen LogP contribution in [0.25, 0.3) is 0 Å². The van der Waals surface area contributed by atoms with E-state index in [0.29, 0.717) is 17.9 Å². The highest BCUT2D eigenvalue weighted by atomic mass is 16.6. The van der Waals surface area contributed by atoms with Crippen molar-refractivity contribution in [2.75, 3.05) is 19.1 Å². The van der Waals surface area contributed by atoms with Crippen molar-refractivity contribution in [2.45, 2.75) is 26.2 Å². The van der Waals surface area contributed by atoms with Gasteiger partial charge in [0.25, 0.3) is 5.69 Å². The highest BCUT2D eigenvalue weighted by Crippen LogP contribution is 2.38. The van der Waals surface area contributed by atoms with Crippen LogP contribution < -0.4 is 14.9 Å². The Balaban J connectivity index is 2.21. The summed E-state index contributed by atoms with van der Waals surface area (Å²) in [5, 5.41) is 26.3. The van der Waals surface area contributed by atoms with Crippen molar-refractivity contribution in [3.8, 4) is 11.5 Å². The minimum Gasteiger partial charge on any atom is -0.493 e. The Hall–Kier alpha value is -3.69. The van der Waals surface area contributed by atoms with Crippen LogP contribution in [0.15, 0.2) is 41.5 Å². The average Bonchev–Trinajstić information content (AvgIpc) is 2.71. The van der Waals surface area contributed by atoms with Gasteiger partial charge in [-0.3, -0.25) is 25.7 Å². The minimum absolute atomic E-state index is 0.0768. The second kappa shape index (κ2) is 10.6. The number of anilines is 1. The first-order valence-corrected chi connectivity index (χ1v) is 8.99. The highest BCUT2D eigenvalue weighted by Gasteiger charge is 2.22. The summed E-state index contributed by atoms with van der Waals surface area (Å²) in [5.41, 5.74) is 3.18. The number of nitro groups is 2. The number of hydrazone groups is 1. The Morgan fingerprint density at radius 2 is 1.93 bits per heavy atom. The van der Waals surface area contributed by atoms with E-state index in [4.69, 9.17) is 9.47 Å². The topological polar surface area (TPSA) is 129 Å². The third-order valence-electron chi connectivity index (χ3n) is 3.93. The average molecular weight is 402 g/mol. The lowest BCUT2D eigenvalue weighted by Gasteiger charge is -2.11. The lowest BCUT2D eigenvalue weighted by atomic mass is 10.2. The third kappa shape index (κ3) is 6.16. The Labute approximate surface area is 167 Å². The van der Waals surface area contributed by atoms with E-state index < -0.39 is 9.85 Å². The number of hydrogen-bond donors (Lipinski definition) is 1. The molecule has 0 amide bonds. The van der Waals surface area contributed by atoms with Gasteiger partial charge in [0.1, 0.15) is 0 Å². The molecule has 0 bridgehead atoms. The van der Waals surface area contributed by atoms with Gasteiger partial charge in [0.05, 0.1) is 35.5 Å². The second-order valence-electron chi connectivity index (χ2n) is 6.06. The number of non-ortho nitro benzene ring substituents is 1. The number of nitrogens with zero attached hydrogens (tertiary/aromatic N) is 3. The van der Waals surface area contributed by atoms with E-state index in [0.717, 1.165) is 19.3 Å². The maximum absolute atomic E-state index is 11.5. The summed E-state index contributed by atoms with van der Waals surface area (Å²) < 4.78 is 10.9. The fourth-order valence-electron chi connectivity index (χ4n) is 2.51. The van der Waals surface area contributed by atoms with Crippen LogP contribution in [-0.2, 0) is 0 Å². The van der Waals surface area contributed by atoms with Crippen molar-refractivity contribution in [2.24, 2.45) is 5.10 Å². The number of ether oxygens (including phenoxy) is 2. The number of benzene rings is 2. The summed E-state index contributed by atoms with van der Waals surface area (Å²) >= 11 is 0. The normalized spacial score (nSPS) is 10.7. The van der Waals surface area contributed by atoms with Crippen molar-refractivity contribution in [1.29, 1.82) is 0 Å². The van der Waals surface area contributed by atoms with Gasteiger partial charge in [0.2, 0.25) is 5.75 Å². The molecule has 0 unspecified atom stereocenters. The zero-order chi connectivity index (χ0) is 21.2. The first kappa shape index (κ1) is 21.6. The molecule has 154 valence electrons. The molecule has 2 aromatic rings. The van der Waals surface area contributed by atoms with Gasteiger partial charge in [0, 0.05) is 23.8 Å². The van der Waals surface area contributed by atoms with E-state index in [-0.39, 0.29) is 22.9 Å². The van der Waals surface area contributed by atoms with E-state index in [1.54, 1.807) is 12.1 Å². The van der Waals surface area contributed by atoms with Crippen molar-refractivity contribution in [3.05, 3.63) is 62.2 Å². The maximum atomic E-state index is 11.5. The molecule has 0 aliphatic heterocycles. The number of nitrogens with one attached hydrogen (secondary N) is 1. The molecule has 0 aliphatic rings. The van der Waals surface area contributed by atoms with E-state index in [2.05, 4.69) is 17.5 Å². The van der Waals surface area contributed by atoms with Gasteiger partial charge in [0.15, 0.2) is 5.75 Å². The van der Waals surface area contributed by atoms with Crippen molar-refractivity contribution < 1.29 is 19.3 Å². The molecule has 0 aromatic heterocycles. The van der Waals surface area contributed by atoms with Crippen LogP contribution in [0.4, 0.5) is 17.1 Å². The molecule has 0 atom stereocenters. The SMILES string of the molecule is CCCCCOc1c(OC)cc(C=NNc2cccc([N+](=O)[O-])c2)cc1[N+](=O)[O-]. The van der Waals surface area contributed by atoms with E-state index in [1.807, 2.05) is 0 Å². The zero-order valence-corrected chi connectivity index (χ0v) is 16.2. The van der Waals surface area contributed by atoms with Crippen molar-refractivity contribution in [3.63, 3.8) is 0 Å². The summed E-state index contributed by atoms with van der Waals surface area (Å²) in [7, 11) is 1.40. The largest absolute Gasteiger partial charge is 0.493 e. The number of methoxy groups -OCH3 is 1. The molecule has 0 saturated heterocycles. The standard InChI is InChI=1S/C19H22N4O6/c1-3-4-5-9-29-19-17(23(26)27)10-14(11-18(19)28-2)13-20-21-15-7-6-8-16(12-15)22(24)25/h6-8,10-13,21H,3-5,9H2,1-2H3. The Morgan fingerprint density at radius 3 is 2.59 bits per heavy atom. The van der Waals surface area contributed by atoms with E-state index in [9.17, 15) is 20.2 Å². The predicted molar refractivity (Wildman–Crippen MR) is 109 cm³/mol. The fraction of sp³-hybridized carbons (Fsp3) is 0.316. The summed E-state index contributed by atoms with van der Waals surface area (Å²) in [6.45, 7) is 2.41. The summed E-state index contributed by atoms with van der Waals surface area (Å²) in [6.07, 6.45) is 4.11. The second-order valence-corrected chi connectivity index (χ2v) is 6.06. The van der Waals surface area contributed by atoms with Gasteiger partial charge in [-0.15, -0.1) is 0 Å². The number of unbranched alkanes of at least 4 members (excludes halogenated alkanes) is 2. The fourth-order valence-corrected chi connectivity index (χ4v) is 2.51. The molecule has 2 aromatic carbocycles. The van der Waals surface area contributed by atoms with Crippen LogP contribution in [0.3, 0.4) is 0 Å². The lowest BCUT2D eigenvalue weighted by molar-refractivity contribution is -0.386. The van der Waals surface area contributed by atoms with Gasteiger partial charge in [-0.1, -0.05) is 25.8 Å². The van der Waals surface area contributed by atoms with Crippen LogP contribution in [0.1, 0.15) is 31.7 Å². The van der Waals surface area contributed by atoms with Gasteiger partial charge in [-0.25, -0.2) is 0 Å². The van der Waals surface area contributed by atoms with Crippen LogP contribution >= 0.6 is 0 Å². The van der Waals surface area contributed by atoms with Gasteiger partial charge in [-0.05, 0) is 18.6 Å². The zero-order valence-electron chi connectivity index (χ0n) is 16.2. The first-order valence-electron chi connectivity index (χ1n) is 8.99. The molecule has 0 heterocycles. The molecule has 0 fully saturated rings. The summed E-state index contributed by atoms with van der Waals surface area (Å²) in [6, 6.07) is 8.72. The van der Waals surface area contributed by atoms with Crippen molar-refractivity contribution in [1.82, 2.24) is 0 Å². The van der Waals surface area contributed by atoms with Gasteiger partial charge < -0.3 is 9.47 Å². The number of rotatable bonds is 11. The van der Waals surface area contributed by atoms with Crippen LogP contribution in [0.5, 0.6) is 11.5 Å². The van der Waals surface area contributed by atoms with Gasteiger partial charge >= 0.3 is 5.69 Å². The first-order chi connectivity index (χ1) is 14.0. The summed E-state index contributed by atoms with van der Waals surface area (Å²) in [4.78, 5) is 21.2. The molecule has 29 heavy (non-hydrogen) atoms. The van der Waals surface area contributed by atoms with Gasteiger partial charge in [-0.2, -0.15) is 5.10 Å². The van der Waals surface area contributed by atoms with Crippen LogP contribution in [0, 0.1) is 20.2 Å². The van der Waals surface area contributed by atoms with Crippen molar-refractivity contribution >= 4 is 23.3 Å². The molecule has 2 rings (SSSR count). The quantitative estimate of drug-likeness (QED) is 0.253. The van der Waals surface area contributed by atoms with Crippen LogP contribution in [-0.4, -0.2) is 29.8 Å². The predicted octanol–water partition coefficient (Wildman–Crippen LogP) is 4.53. The molecular weight excluding hydrogens is 380 g/mol. The smallest absolute Gasteiger partial charge is 0.315 e. The maximum Gasteiger partial charge on any atom is 0.315 e. The third-order valence-corrected chi connectivity index (χ3v) is 3.93. The minimum atomic E-state index is -0.539. The number of nitro benzene ring substituents is 2. The highest BCUT2D eigenvalue weighted by molar-refractivity contribution is 5.83. The molecular formula is C19H22N4O6. The molecule has 10 nitrogen and oxygen atoms in total. The molecule has 0 radical (unpaired) electrons. The molecule has 1 N–H and O–H groups in total. The van der Waals surface area contributed by atoms with Crippen LogP contribution in [0.2, 0.25) is 0 Å². The monoisotopic (exact) mass is 402 g/mol. The lowest BCUT2D eigenvalue weighted by Crippen LogP contribution is -2.04. The van der Waals surface area contributed by atoms with E-state index in [1.165, 1.54) is 37.6 Å². The molecule has 0 spiro atoms.